The van der Waals surface area contributed by atoms with Crippen LogP contribution in [-0.4, -0.2) is 42.4 Å². The monoisotopic (exact) mass is 329 g/mol. The van der Waals surface area contributed by atoms with Crippen LogP contribution in [0.3, 0.4) is 0 Å². The summed E-state index contributed by atoms with van der Waals surface area (Å²) in [6, 6.07) is 6.04. The molecule has 1 N–H and O–H groups in total. The maximum atomic E-state index is 12.2. The molecule has 3 rings (SSSR count). The summed E-state index contributed by atoms with van der Waals surface area (Å²) in [5, 5.41) is 9.74. The highest BCUT2D eigenvalue weighted by Crippen LogP contribution is 2.39. The third-order valence-electron chi connectivity index (χ3n) is 4.72. The molecule has 0 radical (unpaired) electrons. The lowest BCUT2D eigenvalue weighted by atomic mass is 9.84. The minimum Gasteiger partial charge on any atom is -0.508 e. The highest BCUT2D eigenvalue weighted by Gasteiger charge is 2.37. The molecular weight excluding hydrogens is 305 g/mol. The van der Waals surface area contributed by atoms with Gasteiger partial charge in [0.05, 0.1) is 19.4 Å². The molecule has 0 amide bonds. The van der Waals surface area contributed by atoms with Crippen molar-refractivity contribution in [3.8, 4) is 5.75 Å². The topological polar surface area (TPSA) is 32.7 Å². The number of alkyl halides is 1. The van der Waals surface area contributed by atoms with E-state index < -0.39 is 0 Å². The first-order valence-electron chi connectivity index (χ1n) is 8.03. The quantitative estimate of drug-likeness (QED) is 0.837. The molecule has 1 aliphatic carbocycles. The number of halogens is 2. The Bertz CT molecular complexity index is 486. The Balaban J connectivity index is 0.00000176. The molecule has 124 valence electrons. The van der Waals surface area contributed by atoms with Gasteiger partial charge in [-0.15, -0.1) is 12.4 Å². The van der Waals surface area contributed by atoms with Gasteiger partial charge in [0.1, 0.15) is 5.75 Å². The Kier molecular flexibility index (Phi) is 6.48. The first-order chi connectivity index (χ1) is 10.3. The fraction of sp³-hybridized carbons (Fsp3) is 0.647. The average Bonchev–Trinajstić information content (AvgIpc) is 2.51. The molecule has 1 fully saturated rings. The molecule has 0 saturated carbocycles. The first kappa shape index (κ1) is 17.5. The number of ether oxygens (including phenoxy) is 1. The minimum absolute atomic E-state index is 0. The number of morpholine rings is 1. The van der Waals surface area contributed by atoms with Crippen LogP contribution in [-0.2, 0) is 11.2 Å². The number of aromatic hydroxyl groups is 1. The Morgan fingerprint density at radius 2 is 2.14 bits per heavy atom. The third-order valence-corrected chi connectivity index (χ3v) is 4.72. The molecule has 3 nitrogen and oxygen atoms in total. The first-order valence-corrected chi connectivity index (χ1v) is 8.03. The molecule has 0 bridgehead atoms. The molecule has 0 aromatic heterocycles. The molecule has 2 atom stereocenters. The second kappa shape index (κ2) is 8.14. The minimum atomic E-state index is -0.207. The van der Waals surface area contributed by atoms with E-state index in [1.165, 1.54) is 5.56 Å². The van der Waals surface area contributed by atoms with Crippen LogP contribution in [0.15, 0.2) is 18.2 Å². The van der Waals surface area contributed by atoms with Gasteiger partial charge in [0.25, 0.3) is 0 Å². The number of rotatable bonds is 5. The molecule has 5 heteroatoms. The molecule has 1 heterocycles. The molecule has 22 heavy (non-hydrogen) atoms. The van der Waals surface area contributed by atoms with Crippen LogP contribution in [0.1, 0.15) is 42.9 Å². The number of phenolic OH excluding ortho intramolecular Hbond substituents is 1. The number of phenols is 1. The van der Waals surface area contributed by atoms with E-state index in [9.17, 15) is 9.50 Å². The van der Waals surface area contributed by atoms with Gasteiger partial charge < -0.3 is 9.84 Å². The van der Waals surface area contributed by atoms with Crippen molar-refractivity contribution in [3.05, 3.63) is 29.3 Å². The Hall–Kier alpha value is -0.840. The van der Waals surface area contributed by atoms with E-state index in [2.05, 4.69) is 4.90 Å². The molecule has 1 saturated heterocycles. The summed E-state index contributed by atoms with van der Waals surface area (Å²) in [5.41, 5.74) is 2.45. The van der Waals surface area contributed by atoms with E-state index in [4.69, 9.17) is 4.74 Å². The fourth-order valence-electron chi connectivity index (χ4n) is 3.64. The van der Waals surface area contributed by atoms with Crippen LogP contribution in [0.25, 0.3) is 0 Å². The van der Waals surface area contributed by atoms with Gasteiger partial charge in [-0.3, -0.25) is 9.29 Å². The standard InChI is InChI=1S/C17H24FNO2.ClH/c18-8-2-1-3-9-19-10-11-21-17-15-12-14(20)6-4-13(15)5-7-16(17)19;/h4,6,12,16-17,20H,1-3,5,7-11H2;1H/t16-,17-;/m1./s1. The average molecular weight is 330 g/mol. The number of nitrogens with zero attached hydrogens (tertiary/aromatic N) is 1. The Morgan fingerprint density at radius 1 is 1.27 bits per heavy atom. The lowest BCUT2D eigenvalue weighted by molar-refractivity contribution is -0.0806. The fourth-order valence-corrected chi connectivity index (χ4v) is 3.64. The molecule has 1 aromatic rings. The van der Waals surface area contributed by atoms with Gasteiger partial charge in [-0.1, -0.05) is 6.07 Å². The van der Waals surface area contributed by atoms with Crippen LogP contribution in [0.2, 0.25) is 0 Å². The zero-order chi connectivity index (χ0) is 14.7. The normalized spacial score (nSPS) is 24.2. The van der Waals surface area contributed by atoms with Crippen LogP contribution < -0.4 is 0 Å². The predicted octanol–water partition coefficient (Wildman–Crippen LogP) is 3.64. The Labute approximate surface area is 137 Å². The van der Waals surface area contributed by atoms with E-state index in [-0.39, 0.29) is 25.2 Å². The second-order valence-corrected chi connectivity index (χ2v) is 6.07. The lowest BCUT2D eigenvalue weighted by Gasteiger charge is -2.44. The van der Waals surface area contributed by atoms with E-state index in [0.29, 0.717) is 18.2 Å². The highest BCUT2D eigenvalue weighted by molar-refractivity contribution is 5.85. The summed E-state index contributed by atoms with van der Waals surface area (Å²) in [4.78, 5) is 2.50. The van der Waals surface area contributed by atoms with Gasteiger partial charge in [-0.25, -0.2) is 0 Å². The summed E-state index contributed by atoms with van der Waals surface area (Å²) in [6.07, 6.45) is 4.92. The summed E-state index contributed by atoms with van der Waals surface area (Å²) in [6.45, 7) is 2.52. The number of benzene rings is 1. The van der Waals surface area contributed by atoms with Crippen molar-refractivity contribution in [3.63, 3.8) is 0 Å². The predicted molar refractivity (Wildman–Crippen MR) is 87.6 cm³/mol. The zero-order valence-corrected chi connectivity index (χ0v) is 13.7. The largest absolute Gasteiger partial charge is 0.508 e. The number of fused-ring (bicyclic) bond motifs is 3. The van der Waals surface area contributed by atoms with Gasteiger partial charge in [0.2, 0.25) is 0 Å². The summed E-state index contributed by atoms with van der Waals surface area (Å²) in [7, 11) is 0. The number of hydrogen-bond acceptors (Lipinski definition) is 3. The number of unbranched alkanes of at least 4 members (excludes halogenated alkanes) is 2. The van der Waals surface area contributed by atoms with E-state index in [1.54, 1.807) is 6.07 Å². The van der Waals surface area contributed by atoms with Crippen LogP contribution in [0.5, 0.6) is 5.75 Å². The van der Waals surface area contributed by atoms with Gasteiger partial charge in [0, 0.05) is 12.6 Å². The van der Waals surface area contributed by atoms with Crippen LogP contribution in [0.4, 0.5) is 4.39 Å². The molecule has 1 aliphatic heterocycles. The molecule has 1 aromatic carbocycles. The lowest BCUT2D eigenvalue weighted by Crippen LogP contribution is -2.49. The smallest absolute Gasteiger partial charge is 0.115 e. The van der Waals surface area contributed by atoms with E-state index in [0.717, 1.165) is 50.9 Å². The van der Waals surface area contributed by atoms with Crippen molar-refractivity contribution in [1.82, 2.24) is 4.90 Å². The SMILES string of the molecule is Cl.Oc1ccc2c(c1)[C@H]1OCCN(CCCCCF)[C@@H]1CC2. The summed E-state index contributed by atoms with van der Waals surface area (Å²) >= 11 is 0. The van der Waals surface area contributed by atoms with E-state index >= 15 is 0 Å². The number of hydrogen-bond donors (Lipinski definition) is 1. The molecule has 2 aliphatic rings. The van der Waals surface area contributed by atoms with Crippen LogP contribution >= 0.6 is 12.4 Å². The maximum Gasteiger partial charge on any atom is 0.115 e. The van der Waals surface area contributed by atoms with Crippen molar-refractivity contribution < 1.29 is 14.2 Å². The highest BCUT2D eigenvalue weighted by atomic mass is 35.5. The van der Waals surface area contributed by atoms with Crippen molar-refractivity contribution >= 4 is 12.4 Å². The second-order valence-electron chi connectivity index (χ2n) is 6.07. The molecule has 0 unspecified atom stereocenters. The van der Waals surface area contributed by atoms with Crippen LogP contribution in [0, 0.1) is 0 Å². The van der Waals surface area contributed by atoms with Gasteiger partial charge in [-0.2, -0.15) is 0 Å². The molecular formula is C17H25ClFNO2. The summed E-state index contributed by atoms with van der Waals surface area (Å²) in [5.74, 6) is 0.318. The van der Waals surface area contributed by atoms with Gasteiger partial charge in [0.15, 0.2) is 0 Å². The maximum absolute atomic E-state index is 12.2. The van der Waals surface area contributed by atoms with Crippen molar-refractivity contribution in [2.45, 2.75) is 44.2 Å². The third kappa shape index (κ3) is 3.73. The van der Waals surface area contributed by atoms with Crippen molar-refractivity contribution in [2.24, 2.45) is 0 Å². The summed E-state index contributed by atoms with van der Waals surface area (Å²) < 4.78 is 18.2. The van der Waals surface area contributed by atoms with Crippen molar-refractivity contribution in [1.29, 1.82) is 0 Å². The number of aryl methyl sites for hydroxylation is 1. The van der Waals surface area contributed by atoms with Gasteiger partial charge >= 0.3 is 0 Å². The van der Waals surface area contributed by atoms with Crippen molar-refractivity contribution in [2.75, 3.05) is 26.4 Å². The van der Waals surface area contributed by atoms with E-state index in [1.807, 2.05) is 12.1 Å². The Morgan fingerprint density at radius 3 is 2.95 bits per heavy atom. The van der Waals surface area contributed by atoms with Gasteiger partial charge in [-0.05, 0) is 61.9 Å². The molecule has 0 spiro atoms. The zero-order valence-electron chi connectivity index (χ0n) is 12.8.